The summed E-state index contributed by atoms with van der Waals surface area (Å²) in [6.07, 6.45) is 3.12. The van der Waals surface area contributed by atoms with Gasteiger partial charge in [-0.15, -0.1) is 0 Å². The molecule has 0 aliphatic heterocycles. The van der Waals surface area contributed by atoms with Crippen molar-refractivity contribution in [1.29, 1.82) is 0 Å². The van der Waals surface area contributed by atoms with E-state index in [0.717, 1.165) is 39.5 Å². The number of fused-ring (bicyclic) bond motifs is 3. The van der Waals surface area contributed by atoms with Crippen LogP contribution in [-0.2, 0) is 0 Å². The zero-order valence-corrected chi connectivity index (χ0v) is 15.0. The lowest BCUT2D eigenvalue weighted by Crippen LogP contribution is -1.94. The molecule has 0 N–H and O–H groups in total. The van der Waals surface area contributed by atoms with Gasteiger partial charge in [-0.2, -0.15) is 0 Å². The summed E-state index contributed by atoms with van der Waals surface area (Å²) < 4.78 is 10.1. The van der Waals surface area contributed by atoms with Crippen molar-refractivity contribution in [1.82, 2.24) is 9.38 Å². The van der Waals surface area contributed by atoms with Gasteiger partial charge >= 0.3 is 0 Å². The molecular formula is C18H15BrN2OS. The highest BCUT2D eigenvalue weighted by molar-refractivity contribution is 9.10. The van der Waals surface area contributed by atoms with Crippen LogP contribution >= 0.6 is 27.3 Å². The van der Waals surface area contributed by atoms with Crippen LogP contribution < -0.4 is 4.74 Å². The summed E-state index contributed by atoms with van der Waals surface area (Å²) in [6, 6.07) is 14.5. The predicted octanol–water partition coefficient (Wildman–Crippen LogP) is 5.77. The minimum absolute atomic E-state index is 0.751. The van der Waals surface area contributed by atoms with E-state index in [4.69, 9.17) is 9.72 Å². The molecule has 116 valence electrons. The number of aromatic nitrogens is 2. The van der Waals surface area contributed by atoms with Crippen LogP contribution in [0.25, 0.3) is 26.4 Å². The minimum atomic E-state index is 0.751. The molecule has 2 aromatic heterocycles. The van der Waals surface area contributed by atoms with Gasteiger partial charge in [-0.1, -0.05) is 46.3 Å². The fourth-order valence-corrected chi connectivity index (χ4v) is 4.01. The van der Waals surface area contributed by atoms with Crippen LogP contribution in [0, 0.1) is 0 Å². The molecule has 4 rings (SSSR count). The highest BCUT2D eigenvalue weighted by Crippen LogP contribution is 2.32. The maximum Gasteiger partial charge on any atom is 0.195 e. The van der Waals surface area contributed by atoms with Gasteiger partial charge in [0.1, 0.15) is 5.75 Å². The van der Waals surface area contributed by atoms with Gasteiger partial charge in [0.2, 0.25) is 0 Å². The van der Waals surface area contributed by atoms with Crippen LogP contribution in [0.4, 0.5) is 0 Å². The van der Waals surface area contributed by atoms with Crippen molar-refractivity contribution in [2.45, 2.75) is 13.3 Å². The smallest absolute Gasteiger partial charge is 0.195 e. The molecule has 3 nitrogen and oxygen atoms in total. The van der Waals surface area contributed by atoms with Crippen molar-refractivity contribution in [2.75, 3.05) is 6.61 Å². The normalized spacial score (nSPS) is 11.4. The van der Waals surface area contributed by atoms with E-state index in [1.165, 1.54) is 10.2 Å². The zero-order valence-electron chi connectivity index (χ0n) is 12.6. The summed E-state index contributed by atoms with van der Waals surface area (Å²) in [7, 11) is 0. The van der Waals surface area contributed by atoms with Crippen molar-refractivity contribution in [2.24, 2.45) is 0 Å². The third kappa shape index (κ3) is 2.75. The summed E-state index contributed by atoms with van der Waals surface area (Å²) in [4.78, 5) is 5.78. The Bertz CT molecular complexity index is 989. The topological polar surface area (TPSA) is 26.5 Å². The summed E-state index contributed by atoms with van der Waals surface area (Å²) in [5, 5.41) is 0. The molecule has 0 atom stereocenters. The number of thiazole rings is 1. The number of hydrogen-bond donors (Lipinski definition) is 0. The first-order valence-electron chi connectivity index (χ1n) is 7.55. The summed E-state index contributed by atoms with van der Waals surface area (Å²) in [6.45, 7) is 2.86. The van der Waals surface area contributed by atoms with E-state index < -0.39 is 0 Å². The van der Waals surface area contributed by atoms with Crippen molar-refractivity contribution >= 4 is 42.4 Å². The maximum atomic E-state index is 5.71. The SMILES string of the molecule is CCCOc1ccc2c(c1)sc1nc(-c3cccc(Br)c3)cn12. The molecular weight excluding hydrogens is 372 g/mol. The second kappa shape index (κ2) is 5.98. The Kier molecular flexibility index (Phi) is 3.83. The monoisotopic (exact) mass is 386 g/mol. The molecule has 0 fully saturated rings. The average molecular weight is 387 g/mol. The molecule has 0 aliphatic rings. The quantitative estimate of drug-likeness (QED) is 0.445. The number of halogens is 1. The first-order chi connectivity index (χ1) is 11.2. The summed E-state index contributed by atoms with van der Waals surface area (Å²) >= 11 is 5.21. The van der Waals surface area contributed by atoms with E-state index in [1.54, 1.807) is 11.3 Å². The van der Waals surface area contributed by atoms with Crippen LogP contribution in [0.15, 0.2) is 53.1 Å². The highest BCUT2D eigenvalue weighted by atomic mass is 79.9. The first-order valence-corrected chi connectivity index (χ1v) is 9.16. The standard InChI is InChI=1S/C18H15BrN2OS/c1-2-8-22-14-6-7-16-17(10-14)23-18-20-15(11-21(16)18)12-4-3-5-13(19)9-12/h3-7,9-11H,2,8H2,1H3. The summed E-state index contributed by atoms with van der Waals surface area (Å²) in [5.74, 6) is 0.927. The molecule has 0 aliphatic carbocycles. The van der Waals surface area contributed by atoms with Gasteiger partial charge in [0.25, 0.3) is 0 Å². The molecule has 0 bridgehead atoms. The van der Waals surface area contributed by atoms with Crippen LogP contribution in [0.1, 0.15) is 13.3 Å². The number of benzene rings is 2. The van der Waals surface area contributed by atoms with E-state index in [0.29, 0.717) is 0 Å². The number of nitrogens with zero attached hydrogens (tertiary/aromatic N) is 2. The molecule has 0 unspecified atom stereocenters. The molecule has 5 heteroatoms. The average Bonchev–Trinajstić information content (AvgIpc) is 3.10. The Morgan fingerprint density at radius 1 is 1.22 bits per heavy atom. The summed E-state index contributed by atoms with van der Waals surface area (Å²) in [5.41, 5.74) is 3.28. The molecule has 0 saturated carbocycles. The van der Waals surface area contributed by atoms with E-state index in [2.05, 4.69) is 57.7 Å². The number of imidazole rings is 1. The lowest BCUT2D eigenvalue weighted by molar-refractivity contribution is 0.318. The molecule has 4 aromatic rings. The van der Waals surface area contributed by atoms with E-state index in [9.17, 15) is 0 Å². The van der Waals surface area contributed by atoms with Gasteiger partial charge in [0, 0.05) is 16.2 Å². The number of hydrogen-bond acceptors (Lipinski definition) is 3. The molecule has 23 heavy (non-hydrogen) atoms. The molecule has 2 heterocycles. The van der Waals surface area contributed by atoms with E-state index >= 15 is 0 Å². The van der Waals surface area contributed by atoms with E-state index in [-0.39, 0.29) is 0 Å². The van der Waals surface area contributed by atoms with Crippen LogP contribution in [0.2, 0.25) is 0 Å². The van der Waals surface area contributed by atoms with Crippen molar-refractivity contribution in [3.8, 4) is 17.0 Å². The predicted molar refractivity (Wildman–Crippen MR) is 99.5 cm³/mol. The Morgan fingerprint density at radius 2 is 2.13 bits per heavy atom. The molecule has 0 radical (unpaired) electrons. The van der Waals surface area contributed by atoms with Gasteiger partial charge < -0.3 is 4.74 Å². The zero-order chi connectivity index (χ0) is 15.8. The third-order valence-corrected chi connectivity index (χ3v) is 5.17. The Morgan fingerprint density at radius 3 is 2.96 bits per heavy atom. The lowest BCUT2D eigenvalue weighted by Gasteiger charge is -2.03. The lowest BCUT2D eigenvalue weighted by atomic mass is 10.2. The third-order valence-electron chi connectivity index (χ3n) is 3.66. The van der Waals surface area contributed by atoms with Crippen molar-refractivity contribution in [3.05, 3.63) is 53.1 Å². The van der Waals surface area contributed by atoms with Gasteiger partial charge in [-0.05, 0) is 36.8 Å². The fourth-order valence-electron chi connectivity index (χ4n) is 2.58. The van der Waals surface area contributed by atoms with Gasteiger partial charge in [-0.3, -0.25) is 4.40 Å². The van der Waals surface area contributed by atoms with Gasteiger partial charge in [0.15, 0.2) is 4.96 Å². The first kappa shape index (κ1) is 14.7. The molecule has 0 saturated heterocycles. The Labute approximate surface area is 146 Å². The minimum Gasteiger partial charge on any atom is -0.494 e. The fraction of sp³-hybridized carbons (Fsp3) is 0.167. The second-order valence-electron chi connectivity index (χ2n) is 5.37. The van der Waals surface area contributed by atoms with E-state index in [1.807, 2.05) is 18.2 Å². The number of ether oxygens (including phenoxy) is 1. The Hall–Kier alpha value is -1.85. The van der Waals surface area contributed by atoms with Crippen molar-refractivity contribution in [3.63, 3.8) is 0 Å². The maximum absolute atomic E-state index is 5.71. The Balaban J connectivity index is 1.78. The van der Waals surface area contributed by atoms with Crippen LogP contribution in [-0.4, -0.2) is 16.0 Å². The molecule has 2 aromatic carbocycles. The highest BCUT2D eigenvalue weighted by Gasteiger charge is 2.11. The van der Waals surface area contributed by atoms with Crippen LogP contribution in [0.5, 0.6) is 5.75 Å². The van der Waals surface area contributed by atoms with Gasteiger partial charge in [0.05, 0.1) is 22.5 Å². The molecule has 0 amide bonds. The molecule has 0 spiro atoms. The van der Waals surface area contributed by atoms with Gasteiger partial charge in [-0.25, -0.2) is 4.98 Å². The largest absolute Gasteiger partial charge is 0.494 e. The number of rotatable bonds is 4. The van der Waals surface area contributed by atoms with Crippen LogP contribution in [0.3, 0.4) is 0 Å². The van der Waals surface area contributed by atoms with Crippen molar-refractivity contribution < 1.29 is 4.74 Å². The second-order valence-corrected chi connectivity index (χ2v) is 7.29.